The van der Waals surface area contributed by atoms with Crippen LogP contribution in [-0.4, -0.2) is 31.6 Å². The summed E-state index contributed by atoms with van der Waals surface area (Å²) < 4.78 is 11.0. The van der Waals surface area contributed by atoms with E-state index in [0.29, 0.717) is 41.1 Å². The molecule has 6 nitrogen and oxygen atoms in total. The van der Waals surface area contributed by atoms with Crippen LogP contribution in [0.15, 0.2) is 42.5 Å². The Morgan fingerprint density at radius 2 is 1.85 bits per heavy atom. The molecule has 1 aliphatic rings. The van der Waals surface area contributed by atoms with E-state index in [0.717, 1.165) is 0 Å². The predicted octanol–water partition coefficient (Wildman–Crippen LogP) is 3.49. The molecular formula is C19H19ClN2O4. The maximum absolute atomic E-state index is 12.3. The first-order valence-electron chi connectivity index (χ1n) is 8.27. The highest BCUT2D eigenvalue weighted by Gasteiger charge is 2.17. The molecule has 136 valence electrons. The Morgan fingerprint density at radius 1 is 1.12 bits per heavy atom. The van der Waals surface area contributed by atoms with E-state index in [1.165, 1.54) is 11.8 Å². The topological polar surface area (TPSA) is 67.9 Å². The fraction of sp³-hybridized carbons (Fsp3) is 0.263. The summed E-state index contributed by atoms with van der Waals surface area (Å²) in [5, 5.41) is 3.27. The number of para-hydroxylation sites is 1. The van der Waals surface area contributed by atoms with E-state index in [1.54, 1.807) is 42.5 Å². The van der Waals surface area contributed by atoms with Crippen molar-refractivity contribution in [2.24, 2.45) is 0 Å². The van der Waals surface area contributed by atoms with Gasteiger partial charge in [0.25, 0.3) is 0 Å². The summed E-state index contributed by atoms with van der Waals surface area (Å²) in [5.74, 6) is 0.886. The summed E-state index contributed by atoms with van der Waals surface area (Å²) in [6, 6.07) is 12.3. The number of hydrogen-bond donors (Lipinski definition) is 1. The number of rotatable bonds is 5. The summed E-state index contributed by atoms with van der Waals surface area (Å²) in [6.07, 6.45) is 0.138. The molecule has 1 aliphatic heterocycles. The Morgan fingerprint density at radius 3 is 2.58 bits per heavy atom. The predicted molar refractivity (Wildman–Crippen MR) is 100 cm³/mol. The molecule has 3 rings (SSSR count). The summed E-state index contributed by atoms with van der Waals surface area (Å²) in [5.41, 5.74) is 1.21. The van der Waals surface area contributed by atoms with E-state index in [-0.39, 0.29) is 24.8 Å². The lowest BCUT2D eigenvalue weighted by Gasteiger charge is -2.22. The van der Waals surface area contributed by atoms with E-state index >= 15 is 0 Å². The maximum atomic E-state index is 12.3. The quantitative estimate of drug-likeness (QED) is 0.869. The van der Waals surface area contributed by atoms with Gasteiger partial charge in [-0.15, -0.1) is 0 Å². The molecule has 0 unspecified atom stereocenters. The highest BCUT2D eigenvalue weighted by molar-refractivity contribution is 6.33. The largest absolute Gasteiger partial charge is 0.486 e. The highest BCUT2D eigenvalue weighted by Crippen LogP contribution is 2.32. The lowest BCUT2D eigenvalue weighted by atomic mass is 10.2. The van der Waals surface area contributed by atoms with Crippen LogP contribution in [0.1, 0.15) is 13.3 Å². The number of fused-ring (bicyclic) bond motifs is 1. The lowest BCUT2D eigenvalue weighted by molar-refractivity contribution is -0.117. The Balaban J connectivity index is 1.62. The molecule has 0 saturated carbocycles. The molecule has 0 bridgehead atoms. The average molecular weight is 375 g/mol. The molecule has 0 radical (unpaired) electrons. The van der Waals surface area contributed by atoms with Crippen molar-refractivity contribution in [1.29, 1.82) is 0 Å². The number of hydrogen-bond acceptors (Lipinski definition) is 4. The second-order valence-electron chi connectivity index (χ2n) is 5.78. The highest BCUT2D eigenvalue weighted by atomic mass is 35.5. The van der Waals surface area contributed by atoms with Crippen LogP contribution in [0.5, 0.6) is 11.5 Å². The molecule has 7 heteroatoms. The summed E-state index contributed by atoms with van der Waals surface area (Å²) in [7, 11) is 0. The zero-order chi connectivity index (χ0) is 18.5. The van der Waals surface area contributed by atoms with Gasteiger partial charge in [0.15, 0.2) is 11.5 Å². The van der Waals surface area contributed by atoms with Crippen LogP contribution in [0.3, 0.4) is 0 Å². The number of amides is 2. The van der Waals surface area contributed by atoms with Crippen LogP contribution >= 0.6 is 11.6 Å². The zero-order valence-electron chi connectivity index (χ0n) is 14.3. The molecule has 2 aromatic carbocycles. The first-order valence-corrected chi connectivity index (χ1v) is 8.64. The average Bonchev–Trinajstić information content (AvgIpc) is 2.63. The molecule has 0 atom stereocenters. The van der Waals surface area contributed by atoms with Crippen molar-refractivity contribution in [3.8, 4) is 11.5 Å². The molecule has 26 heavy (non-hydrogen) atoms. The molecule has 1 N–H and O–H groups in total. The molecule has 0 saturated heterocycles. The standard InChI is InChI=1S/C19H19ClN2O4/c1-13(23)22(16-5-3-2-4-15(16)20)9-8-19(24)21-14-6-7-17-18(12-14)26-11-10-25-17/h2-7,12H,8-11H2,1H3,(H,21,24). The van der Waals surface area contributed by atoms with Crippen molar-refractivity contribution in [2.45, 2.75) is 13.3 Å². The van der Waals surface area contributed by atoms with Crippen molar-refractivity contribution in [3.05, 3.63) is 47.5 Å². The molecular weight excluding hydrogens is 356 g/mol. The lowest BCUT2D eigenvalue weighted by Crippen LogP contribution is -2.32. The van der Waals surface area contributed by atoms with Crippen LogP contribution in [0, 0.1) is 0 Å². The molecule has 1 heterocycles. The van der Waals surface area contributed by atoms with Crippen LogP contribution in [0.4, 0.5) is 11.4 Å². The van der Waals surface area contributed by atoms with Gasteiger partial charge >= 0.3 is 0 Å². The maximum Gasteiger partial charge on any atom is 0.226 e. The molecule has 0 aromatic heterocycles. The molecule has 0 spiro atoms. The van der Waals surface area contributed by atoms with E-state index in [4.69, 9.17) is 21.1 Å². The third-order valence-electron chi connectivity index (χ3n) is 3.91. The number of anilines is 2. The van der Waals surface area contributed by atoms with Crippen LogP contribution in [-0.2, 0) is 9.59 Å². The SMILES string of the molecule is CC(=O)N(CCC(=O)Nc1ccc2c(c1)OCCO2)c1ccccc1Cl. The Hall–Kier alpha value is -2.73. The normalized spacial score (nSPS) is 12.4. The number of benzene rings is 2. The number of carbonyl (C=O) groups excluding carboxylic acids is 2. The van der Waals surface area contributed by atoms with Gasteiger partial charge in [0.1, 0.15) is 13.2 Å². The second-order valence-corrected chi connectivity index (χ2v) is 6.19. The van der Waals surface area contributed by atoms with E-state index < -0.39 is 0 Å². The molecule has 0 aliphatic carbocycles. The van der Waals surface area contributed by atoms with Crippen molar-refractivity contribution in [3.63, 3.8) is 0 Å². The third-order valence-corrected chi connectivity index (χ3v) is 4.23. The van der Waals surface area contributed by atoms with Gasteiger partial charge in [-0.05, 0) is 24.3 Å². The number of nitrogens with zero attached hydrogens (tertiary/aromatic N) is 1. The Kier molecular flexibility index (Phi) is 5.63. The smallest absolute Gasteiger partial charge is 0.226 e. The van der Waals surface area contributed by atoms with E-state index in [2.05, 4.69) is 5.32 Å². The first-order chi connectivity index (χ1) is 12.5. The third kappa shape index (κ3) is 4.26. The summed E-state index contributed by atoms with van der Waals surface area (Å²) >= 11 is 6.16. The van der Waals surface area contributed by atoms with Gasteiger partial charge < -0.3 is 19.7 Å². The van der Waals surface area contributed by atoms with E-state index in [9.17, 15) is 9.59 Å². The molecule has 2 amide bonds. The number of ether oxygens (including phenoxy) is 2. The van der Waals surface area contributed by atoms with Crippen LogP contribution in [0.25, 0.3) is 0 Å². The zero-order valence-corrected chi connectivity index (χ0v) is 15.1. The number of carbonyl (C=O) groups is 2. The fourth-order valence-corrected chi connectivity index (χ4v) is 2.91. The minimum atomic E-state index is -0.208. The van der Waals surface area contributed by atoms with Gasteiger partial charge in [-0.1, -0.05) is 23.7 Å². The Bertz CT molecular complexity index is 825. The minimum absolute atomic E-state index is 0.138. The second kappa shape index (κ2) is 8.10. The van der Waals surface area contributed by atoms with Gasteiger partial charge in [0.2, 0.25) is 11.8 Å². The van der Waals surface area contributed by atoms with Gasteiger partial charge in [-0.2, -0.15) is 0 Å². The van der Waals surface area contributed by atoms with Crippen LogP contribution in [0.2, 0.25) is 5.02 Å². The van der Waals surface area contributed by atoms with Gasteiger partial charge in [-0.3, -0.25) is 9.59 Å². The van der Waals surface area contributed by atoms with Crippen molar-refractivity contribution in [1.82, 2.24) is 0 Å². The summed E-state index contributed by atoms with van der Waals surface area (Å²) in [6.45, 7) is 2.68. The van der Waals surface area contributed by atoms with Gasteiger partial charge in [-0.25, -0.2) is 0 Å². The van der Waals surface area contributed by atoms with Crippen LogP contribution < -0.4 is 19.7 Å². The van der Waals surface area contributed by atoms with Gasteiger partial charge in [0.05, 0.1) is 10.7 Å². The van der Waals surface area contributed by atoms with Crippen molar-refractivity contribution >= 4 is 34.8 Å². The Labute approximate surface area is 156 Å². The number of nitrogens with one attached hydrogen (secondary N) is 1. The summed E-state index contributed by atoms with van der Waals surface area (Å²) in [4.78, 5) is 25.7. The fourth-order valence-electron chi connectivity index (χ4n) is 2.68. The minimum Gasteiger partial charge on any atom is -0.486 e. The molecule has 2 aromatic rings. The monoisotopic (exact) mass is 374 g/mol. The van der Waals surface area contributed by atoms with E-state index in [1.807, 2.05) is 0 Å². The number of halogens is 1. The molecule has 0 fully saturated rings. The van der Waals surface area contributed by atoms with Crippen molar-refractivity contribution < 1.29 is 19.1 Å². The first kappa shape index (κ1) is 18.1. The van der Waals surface area contributed by atoms with Gasteiger partial charge in [0, 0.05) is 31.6 Å². The van der Waals surface area contributed by atoms with Crippen molar-refractivity contribution in [2.75, 3.05) is 30.0 Å².